The van der Waals surface area contributed by atoms with Crippen LogP contribution in [0, 0.1) is 0 Å². The summed E-state index contributed by atoms with van der Waals surface area (Å²) in [5, 5.41) is 7.58. The first-order valence-corrected chi connectivity index (χ1v) is 9.11. The molecule has 0 radical (unpaired) electrons. The van der Waals surface area contributed by atoms with Gasteiger partial charge in [0, 0.05) is 5.54 Å². The Bertz CT molecular complexity index is 906. The Morgan fingerprint density at radius 1 is 1.00 bits per heavy atom. The van der Waals surface area contributed by atoms with Gasteiger partial charge < -0.3 is 19.3 Å². The second-order valence-electron chi connectivity index (χ2n) is 7.10. The highest BCUT2D eigenvalue weighted by molar-refractivity contribution is 5.45. The molecule has 3 aromatic rings. The summed E-state index contributed by atoms with van der Waals surface area (Å²) in [5.41, 5.74) is 1.98. The van der Waals surface area contributed by atoms with E-state index in [1.165, 1.54) is 0 Å². The van der Waals surface area contributed by atoms with Crippen LogP contribution in [0.4, 0.5) is 0 Å². The van der Waals surface area contributed by atoms with E-state index in [1.54, 1.807) is 0 Å². The van der Waals surface area contributed by atoms with Crippen molar-refractivity contribution in [3.63, 3.8) is 0 Å². The molecule has 0 atom stereocenters. The first-order chi connectivity index (χ1) is 13.1. The first kappa shape index (κ1) is 17.5. The maximum absolute atomic E-state index is 5.69. The molecule has 2 heterocycles. The van der Waals surface area contributed by atoms with Gasteiger partial charge in [0.1, 0.15) is 13.2 Å². The minimum Gasteiger partial charge on any atom is -0.486 e. The van der Waals surface area contributed by atoms with E-state index in [2.05, 4.69) is 35.4 Å². The van der Waals surface area contributed by atoms with E-state index in [-0.39, 0.29) is 5.54 Å². The van der Waals surface area contributed by atoms with Gasteiger partial charge in [0.2, 0.25) is 5.89 Å². The molecular formula is C21H23N3O3. The summed E-state index contributed by atoms with van der Waals surface area (Å²) in [6.45, 7) is 5.92. The second kappa shape index (κ2) is 7.40. The zero-order chi connectivity index (χ0) is 18.7. The molecule has 0 bridgehead atoms. The fourth-order valence-corrected chi connectivity index (χ4v) is 3.04. The molecule has 1 N–H and O–H groups in total. The predicted molar refractivity (Wildman–Crippen MR) is 101 cm³/mol. The van der Waals surface area contributed by atoms with Crippen molar-refractivity contribution < 1.29 is 14.0 Å². The second-order valence-corrected chi connectivity index (χ2v) is 7.10. The Hall–Kier alpha value is -2.86. The van der Waals surface area contributed by atoms with Gasteiger partial charge in [-0.3, -0.25) is 0 Å². The van der Waals surface area contributed by atoms with Gasteiger partial charge in [0.25, 0.3) is 0 Å². The van der Waals surface area contributed by atoms with Crippen LogP contribution in [-0.4, -0.2) is 23.4 Å². The monoisotopic (exact) mass is 365 g/mol. The van der Waals surface area contributed by atoms with Gasteiger partial charge >= 0.3 is 0 Å². The molecule has 0 saturated carbocycles. The number of nitrogens with zero attached hydrogens (tertiary/aromatic N) is 2. The quantitative estimate of drug-likeness (QED) is 0.721. The van der Waals surface area contributed by atoms with Gasteiger partial charge in [0.15, 0.2) is 17.3 Å². The van der Waals surface area contributed by atoms with Crippen LogP contribution in [0.25, 0.3) is 0 Å². The molecule has 1 aliphatic heterocycles. The lowest BCUT2D eigenvalue weighted by Gasteiger charge is -2.28. The molecule has 140 valence electrons. The third kappa shape index (κ3) is 4.11. The summed E-state index contributed by atoms with van der Waals surface area (Å²) in [4.78, 5) is 4.49. The smallest absolute Gasteiger partial charge is 0.231 e. The molecular weight excluding hydrogens is 342 g/mol. The van der Waals surface area contributed by atoms with Crippen LogP contribution in [0.2, 0.25) is 0 Å². The number of fused-ring (bicyclic) bond motifs is 1. The first-order valence-electron chi connectivity index (χ1n) is 9.11. The molecule has 0 amide bonds. The normalized spacial score (nSPS) is 13.6. The highest BCUT2D eigenvalue weighted by atomic mass is 16.6. The zero-order valence-corrected chi connectivity index (χ0v) is 15.6. The standard InChI is InChI=1S/C21H23N3O3/c1-21(2,16-8-9-17-18(13-16)26-11-10-25-17)22-14-19-23-20(27-24-19)12-15-6-4-3-5-7-15/h3-9,13,22H,10-12,14H2,1-2H3. The summed E-state index contributed by atoms with van der Waals surface area (Å²) in [6.07, 6.45) is 0.638. The van der Waals surface area contributed by atoms with Crippen LogP contribution in [0.5, 0.6) is 11.5 Å². The average molecular weight is 365 g/mol. The van der Waals surface area contributed by atoms with E-state index in [4.69, 9.17) is 14.0 Å². The van der Waals surface area contributed by atoms with Crippen molar-refractivity contribution in [2.24, 2.45) is 0 Å². The molecule has 0 spiro atoms. The lowest BCUT2D eigenvalue weighted by molar-refractivity contribution is 0.171. The third-order valence-corrected chi connectivity index (χ3v) is 4.66. The third-order valence-electron chi connectivity index (χ3n) is 4.66. The molecule has 6 heteroatoms. The summed E-state index contributed by atoms with van der Waals surface area (Å²) in [6, 6.07) is 16.1. The molecule has 1 aliphatic rings. The molecule has 4 rings (SSSR count). The fraction of sp³-hybridized carbons (Fsp3) is 0.333. The van der Waals surface area contributed by atoms with Gasteiger partial charge in [-0.2, -0.15) is 4.98 Å². The van der Waals surface area contributed by atoms with E-state index < -0.39 is 0 Å². The van der Waals surface area contributed by atoms with Crippen molar-refractivity contribution in [2.45, 2.75) is 32.4 Å². The molecule has 27 heavy (non-hydrogen) atoms. The Morgan fingerprint density at radius 2 is 1.78 bits per heavy atom. The Balaban J connectivity index is 1.40. The minimum atomic E-state index is -0.282. The van der Waals surface area contributed by atoms with Crippen molar-refractivity contribution >= 4 is 0 Å². The number of ether oxygens (including phenoxy) is 2. The van der Waals surface area contributed by atoms with Gasteiger partial charge in [-0.1, -0.05) is 41.6 Å². The SMILES string of the molecule is CC(C)(NCc1noc(Cc2ccccc2)n1)c1ccc2c(c1)OCCO2. The van der Waals surface area contributed by atoms with Crippen LogP contribution in [-0.2, 0) is 18.5 Å². The predicted octanol–water partition coefficient (Wildman–Crippen LogP) is 3.46. The van der Waals surface area contributed by atoms with Crippen molar-refractivity contribution in [1.82, 2.24) is 15.5 Å². The number of rotatable bonds is 6. The highest BCUT2D eigenvalue weighted by Crippen LogP contribution is 2.34. The van der Waals surface area contributed by atoms with Crippen molar-refractivity contribution in [1.29, 1.82) is 0 Å². The fourth-order valence-electron chi connectivity index (χ4n) is 3.04. The Kier molecular flexibility index (Phi) is 4.81. The van der Waals surface area contributed by atoms with E-state index in [0.29, 0.717) is 37.9 Å². The van der Waals surface area contributed by atoms with E-state index in [1.807, 2.05) is 42.5 Å². The maximum atomic E-state index is 5.69. The number of hydrogen-bond donors (Lipinski definition) is 1. The summed E-state index contributed by atoms with van der Waals surface area (Å²) in [7, 11) is 0. The lowest BCUT2D eigenvalue weighted by atomic mass is 9.93. The van der Waals surface area contributed by atoms with Gasteiger partial charge in [-0.15, -0.1) is 0 Å². The van der Waals surface area contributed by atoms with Crippen LogP contribution in [0.3, 0.4) is 0 Å². The summed E-state index contributed by atoms with van der Waals surface area (Å²) >= 11 is 0. The molecule has 6 nitrogen and oxygen atoms in total. The van der Waals surface area contributed by atoms with E-state index in [9.17, 15) is 0 Å². The van der Waals surface area contributed by atoms with E-state index >= 15 is 0 Å². The molecule has 0 fully saturated rings. The van der Waals surface area contributed by atoms with Crippen molar-refractivity contribution in [3.8, 4) is 11.5 Å². The largest absolute Gasteiger partial charge is 0.486 e. The Labute approximate surface area is 158 Å². The van der Waals surface area contributed by atoms with Crippen molar-refractivity contribution in [3.05, 3.63) is 71.4 Å². The van der Waals surface area contributed by atoms with Crippen LogP contribution in [0.15, 0.2) is 53.1 Å². The molecule has 0 aliphatic carbocycles. The minimum absolute atomic E-state index is 0.282. The summed E-state index contributed by atoms with van der Waals surface area (Å²) < 4.78 is 16.7. The molecule has 0 unspecified atom stereocenters. The Morgan fingerprint density at radius 3 is 2.59 bits per heavy atom. The van der Waals surface area contributed by atoms with Crippen LogP contribution < -0.4 is 14.8 Å². The molecule has 0 saturated heterocycles. The van der Waals surface area contributed by atoms with Crippen LogP contribution in [0.1, 0.15) is 36.7 Å². The molecule has 2 aromatic carbocycles. The maximum Gasteiger partial charge on any atom is 0.231 e. The van der Waals surface area contributed by atoms with Gasteiger partial charge in [-0.25, -0.2) is 0 Å². The lowest BCUT2D eigenvalue weighted by Crippen LogP contribution is -2.36. The number of hydrogen-bond acceptors (Lipinski definition) is 6. The summed E-state index contributed by atoms with van der Waals surface area (Å²) in [5.74, 6) is 2.85. The van der Waals surface area contributed by atoms with Crippen molar-refractivity contribution in [2.75, 3.05) is 13.2 Å². The number of benzene rings is 2. The van der Waals surface area contributed by atoms with Gasteiger partial charge in [0.05, 0.1) is 13.0 Å². The number of aromatic nitrogens is 2. The van der Waals surface area contributed by atoms with E-state index in [0.717, 1.165) is 22.6 Å². The van der Waals surface area contributed by atoms with Gasteiger partial charge in [-0.05, 0) is 37.1 Å². The number of nitrogens with one attached hydrogen (secondary N) is 1. The molecule has 1 aromatic heterocycles. The topological polar surface area (TPSA) is 69.4 Å². The zero-order valence-electron chi connectivity index (χ0n) is 15.6. The highest BCUT2D eigenvalue weighted by Gasteiger charge is 2.23. The average Bonchev–Trinajstić information content (AvgIpc) is 3.14. The van der Waals surface area contributed by atoms with Crippen LogP contribution >= 0.6 is 0 Å².